The molecule has 0 bridgehead atoms. The molecule has 0 fully saturated rings. The van der Waals surface area contributed by atoms with E-state index in [2.05, 4.69) is 63.0 Å². The highest BCUT2D eigenvalue weighted by molar-refractivity contribution is 5.85. The SMILES string of the molecule is C(=N/Nc1nc2ccccc2[nH]1)/c1cccc(OCc2cccc3ccccc23)c1. The van der Waals surface area contributed by atoms with Gasteiger partial charge in [0.15, 0.2) is 0 Å². The quantitative estimate of drug-likeness (QED) is 0.286. The highest BCUT2D eigenvalue weighted by atomic mass is 16.5. The number of hydrazone groups is 1. The average Bonchev–Trinajstić information content (AvgIpc) is 3.21. The molecule has 5 nitrogen and oxygen atoms in total. The molecule has 0 aliphatic carbocycles. The number of hydrogen-bond donors (Lipinski definition) is 2. The van der Waals surface area contributed by atoms with Crippen molar-refractivity contribution in [1.29, 1.82) is 0 Å². The average molecular weight is 392 g/mol. The molecule has 0 atom stereocenters. The molecule has 5 aromatic rings. The number of fused-ring (bicyclic) bond motifs is 2. The molecule has 0 saturated heterocycles. The zero-order valence-electron chi connectivity index (χ0n) is 16.2. The third-order valence-electron chi connectivity index (χ3n) is 4.91. The van der Waals surface area contributed by atoms with E-state index in [-0.39, 0.29) is 0 Å². The molecule has 5 rings (SSSR count). The van der Waals surface area contributed by atoms with Gasteiger partial charge in [0.2, 0.25) is 5.95 Å². The van der Waals surface area contributed by atoms with E-state index in [9.17, 15) is 0 Å². The Morgan fingerprint density at radius 2 is 1.73 bits per heavy atom. The van der Waals surface area contributed by atoms with Crippen molar-refractivity contribution in [3.05, 3.63) is 102 Å². The zero-order valence-corrected chi connectivity index (χ0v) is 16.2. The fourth-order valence-corrected chi connectivity index (χ4v) is 3.44. The standard InChI is InChI=1S/C25H20N4O/c1-2-12-22-19(8-1)9-6-10-20(22)17-30-21-11-5-7-18(15-21)16-26-29-25-27-23-13-3-4-14-24(23)28-25/h1-16H,17H2,(H2,27,28,29)/b26-16-. The van der Waals surface area contributed by atoms with Crippen molar-refractivity contribution in [2.45, 2.75) is 6.61 Å². The summed E-state index contributed by atoms with van der Waals surface area (Å²) < 4.78 is 6.04. The minimum atomic E-state index is 0.513. The maximum Gasteiger partial charge on any atom is 0.222 e. The third kappa shape index (κ3) is 3.86. The molecule has 0 saturated carbocycles. The molecule has 0 spiro atoms. The van der Waals surface area contributed by atoms with Gasteiger partial charge in [0.1, 0.15) is 12.4 Å². The van der Waals surface area contributed by atoms with Crippen molar-refractivity contribution < 1.29 is 4.74 Å². The fourth-order valence-electron chi connectivity index (χ4n) is 3.44. The molecule has 0 unspecified atom stereocenters. The molecule has 30 heavy (non-hydrogen) atoms. The molecule has 146 valence electrons. The van der Waals surface area contributed by atoms with Crippen molar-refractivity contribution in [2.24, 2.45) is 5.10 Å². The molecular weight excluding hydrogens is 372 g/mol. The molecule has 0 aliphatic rings. The van der Waals surface area contributed by atoms with Crippen molar-refractivity contribution in [3.63, 3.8) is 0 Å². The molecule has 2 N–H and O–H groups in total. The van der Waals surface area contributed by atoms with Crippen LogP contribution in [0.3, 0.4) is 0 Å². The van der Waals surface area contributed by atoms with Gasteiger partial charge < -0.3 is 9.72 Å². The molecule has 4 aromatic carbocycles. The number of para-hydroxylation sites is 2. The van der Waals surface area contributed by atoms with Gasteiger partial charge in [-0.25, -0.2) is 10.4 Å². The van der Waals surface area contributed by atoms with Crippen molar-refractivity contribution >= 4 is 34.0 Å². The number of anilines is 1. The first kappa shape index (κ1) is 17.9. The van der Waals surface area contributed by atoms with E-state index in [0.717, 1.165) is 22.3 Å². The van der Waals surface area contributed by atoms with Gasteiger partial charge in [-0.15, -0.1) is 0 Å². The number of rotatable bonds is 6. The smallest absolute Gasteiger partial charge is 0.222 e. The third-order valence-corrected chi connectivity index (χ3v) is 4.91. The summed E-state index contributed by atoms with van der Waals surface area (Å²) in [4.78, 5) is 7.63. The number of nitrogens with one attached hydrogen (secondary N) is 2. The fraction of sp³-hybridized carbons (Fsp3) is 0.0400. The van der Waals surface area contributed by atoms with Crippen LogP contribution in [0.25, 0.3) is 21.8 Å². The molecule has 1 heterocycles. The van der Waals surface area contributed by atoms with Gasteiger partial charge in [0.05, 0.1) is 17.2 Å². The maximum absolute atomic E-state index is 6.04. The number of aromatic amines is 1. The van der Waals surface area contributed by atoms with Crippen LogP contribution in [0, 0.1) is 0 Å². The van der Waals surface area contributed by atoms with Crippen molar-refractivity contribution in [1.82, 2.24) is 9.97 Å². The van der Waals surface area contributed by atoms with E-state index >= 15 is 0 Å². The topological polar surface area (TPSA) is 62.3 Å². The monoisotopic (exact) mass is 392 g/mol. The van der Waals surface area contributed by atoms with E-state index in [1.807, 2.05) is 48.5 Å². The van der Waals surface area contributed by atoms with Crippen LogP contribution in [0.5, 0.6) is 5.75 Å². The molecular formula is C25H20N4O. The zero-order chi connectivity index (χ0) is 20.2. The Kier molecular flexibility index (Phi) is 4.84. The summed E-state index contributed by atoms with van der Waals surface area (Å²) >= 11 is 0. The minimum absolute atomic E-state index is 0.513. The van der Waals surface area contributed by atoms with Crippen LogP contribution in [0.2, 0.25) is 0 Å². The summed E-state index contributed by atoms with van der Waals surface area (Å²) in [6, 6.07) is 30.4. The van der Waals surface area contributed by atoms with E-state index in [4.69, 9.17) is 4.74 Å². The van der Waals surface area contributed by atoms with Crippen LogP contribution in [-0.2, 0) is 6.61 Å². The summed E-state index contributed by atoms with van der Waals surface area (Å²) in [5, 5.41) is 6.72. The van der Waals surface area contributed by atoms with Gasteiger partial charge in [-0.3, -0.25) is 0 Å². The second-order valence-electron chi connectivity index (χ2n) is 6.97. The Bertz CT molecular complexity index is 1300. The Balaban J connectivity index is 1.26. The maximum atomic E-state index is 6.04. The highest BCUT2D eigenvalue weighted by Crippen LogP contribution is 2.21. The Morgan fingerprint density at radius 1 is 0.900 bits per heavy atom. The second-order valence-corrected chi connectivity index (χ2v) is 6.97. The lowest BCUT2D eigenvalue weighted by molar-refractivity contribution is 0.307. The second kappa shape index (κ2) is 8.09. The summed E-state index contributed by atoms with van der Waals surface area (Å²) in [7, 11) is 0. The van der Waals surface area contributed by atoms with Crippen LogP contribution in [-0.4, -0.2) is 16.2 Å². The van der Waals surface area contributed by atoms with E-state index in [1.54, 1.807) is 6.21 Å². The van der Waals surface area contributed by atoms with Gasteiger partial charge in [0.25, 0.3) is 0 Å². The number of benzene rings is 4. The largest absolute Gasteiger partial charge is 0.489 e. The van der Waals surface area contributed by atoms with Crippen molar-refractivity contribution in [2.75, 3.05) is 5.43 Å². The molecule has 0 amide bonds. The number of ether oxygens (including phenoxy) is 1. The molecule has 0 aliphatic heterocycles. The van der Waals surface area contributed by atoms with Gasteiger partial charge in [0, 0.05) is 0 Å². The first-order valence-corrected chi connectivity index (χ1v) is 9.78. The normalized spacial score (nSPS) is 11.3. The van der Waals surface area contributed by atoms with Crippen LogP contribution < -0.4 is 10.2 Å². The Morgan fingerprint density at radius 3 is 2.70 bits per heavy atom. The number of H-pyrrole nitrogens is 1. The lowest BCUT2D eigenvalue weighted by Crippen LogP contribution is -1.97. The summed E-state index contributed by atoms with van der Waals surface area (Å²) in [6.07, 6.45) is 1.75. The number of aromatic nitrogens is 2. The Labute approximate surface area is 174 Å². The summed E-state index contributed by atoms with van der Waals surface area (Å²) in [5.41, 5.74) is 6.92. The Hall–Kier alpha value is -4.12. The van der Waals surface area contributed by atoms with Crippen LogP contribution in [0.15, 0.2) is 96.1 Å². The van der Waals surface area contributed by atoms with Gasteiger partial charge in [-0.05, 0) is 46.2 Å². The van der Waals surface area contributed by atoms with Crippen LogP contribution >= 0.6 is 0 Å². The highest BCUT2D eigenvalue weighted by Gasteiger charge is 2.03. The predicted octanol–water partition coefficient (Wildman–Crippen LogP) is 5.74. The molecule has 1 aromatic heterocycles. The molecule has 0 radical (unpaired) electrons. The first-order valence-electron chi connectivity index (χ1n) is 9.78. The van der Waals surface area contributed by atoms with E-state index in [1.165, 1.54) is 16.3 Å². The van der Waals surface area contributed by atoms with Gasteiger partial charge in [-0.1, -0.05) is 66.7 Å². The van der Waals surface area contributed by atoms with Crippen molar-refractivity contribution in [3.8, 4) is 5.75 Å². The number of imidazole rings is 1. The van der Waals surface area contributed by atoms with Gasteiger partial charge in [-0.2, -0.15) is 5.10 Å². The lowest BCUT2D eigenvalue weighted by Gasteiger charge is -2.09. The lowest BCUT2D eigenvalue weighted by atomic mass is 10.1. The first-order chi connectivity index (χ1) is 14.8. The summed E-state index contributed by atoms with van der Waals surface area (Å²) in [5.74, 6) is 1.41. The number of nitrogens with zero attached hydrogens (tertiary/aromatic N) is 2. The van der Waals surface area contributed by atoms with Gasteiger partial charge >= 0.3 is 0 Å². The van der Waals surface area contributed by atoms with E-state index in [0.29, 0.717) is 12.6 Å². The van der Waals surface area contributed by atoms with E-state index < -0.39 is 0 Å². The van der Waals surface area contributed by atoms with Crippen LogP contribution in [0.1, 0.15) is 11.1 Å². The van der Waals surface area contributed by atoms with Crippen LogP contribution in [0.4, 0.5) is 5.95 Å². The minimum Gasteiger partial charge on any atom is -0.489 e. The molecule has 5 heteroatoms. The number of hydrogen-bond acceptors (Lipinski definition) is 4. The summed E-state index contributed by atoms with van der Waals surface area (Å²) in [6.45, 7) is 0.513. The predicted molar refractivity (Wildman–Crippen MR) is 122 cm³/mol.